The molecule has 7 heteroatoms. The van der Waals surface area contributed by atoms with Crippen molar-refractivity contribution in [1.29, 1.82) is 0 Å². The lowest BCUT2D eigenvalue weighted by atomic mass is 10.3. The van der Waals surface area contributed by atoms with Crippen LogP contribution in [0, 0.1) is 10.1 Å². The maximum atomic E-state index is 9.92. The molecule has 12 heavy (non-hydrogen) atoms. The molecule has 0 saturated heterocycles. The maximum absolute atomic E-state index is 9.92. The Kier molecular flexibility index (Phi) is 3.12. The average molecular weight is 171 g/mol. The van der Waals surface area contributed by atoms with Gasteiger partial charge in [-0.05, 0) is 16.8 Å². The van der Waals surface area contributed by atoms with E-state index in [2.05, 4.69) is 15.5 Å². The number of tetrazole rings is 1. The number of nitrogens with zero attached hydrogens (tertiary/aromatic N) is 5. The molecule has 1 aromatic heterocycles. The molecule has 0 saturated carbocycles. The van der Waals surface area contributed by atoms with Crippen LogP contribution in [-0.2, 0) is 6.54 Å². The largest absolute Gasteiger partial charge is 0.265 e. The predicted octanol–water partition coefficient (Wildman–Crippen LogP) is -0.270. The van der Waals surface area contributed by atoms with Gasteiger partial charge in [-0.25, -0.2) is 4.68 Å². The third-order valence-electron chi connectivity index (χ3n) is 1.37. The molecule has 66 valence electrons. The summed E-state index contributed by atoms with van der Waals surface area (Å²) in [6.45, 7) is 0.656. The molecule has 0 N–H and O–H groups in total. The predicted molar refractivity (Wildman–Crippen MR) is 38.9 cm³/mol. The van der Waals surface area contributed by atoms with E-state index in [9.17, 15) is 10.1 Å². The highest BCUT2D eigenvalue weighted by atomic mass is 16.6. The van der Waals surface area contributed by atoms with Crippen LogP contribution in [0.4, 0.5) is 0 Å². The highest BCUT2D eigenvalue weighted by molar-refractivity contribution is 4.47. The summed E-state index contributed by atoms with van der Waals surface area (Å²) in [5.41, 5.74) is 0. The average Bonchev–Trinajstić information content (AvgIpc) is 2.49. The molecular formula is C5H9N5O2. The van der Waals surface area contributed by atoms with Gasteiger partial charge >= 0.3 is 0 Å². The number of nitro groups is 1. The number of hydrogen-bond donors (Lipinski definition) is 0. The first kappa shape index (κ1) is 8.57. The van der Waals surface area contributed by atoms with Gasteiger partial charge in [0.1, 0.15) is 6.33 Å². The Morgan fingerprint density at radius 2 is 2.33 bits per heavy atom. The lowest BCUT2D eigenvalue weighted by molar-refractivity contribution is -0.480. The van der Waals surface area contributed by atoms with Crippen molar-refractivity contribution in [2.75, 3.05) is 6.54 Å². The van der Waals surface area contributed by atoms with Gasteiger partial charge in [-0.2, -0.15) is 0 Å². The van der Waals surface area contributed by atoms with E-state index >= 15 is 0 Å². The molecule has 0 spiro atoms. The lowest BCUT2D eigenvalue weighted by Gasteiger charge is -1.95. The number of hydrogen-bond acceptors (Lipinski definition) is 5. The third-order valence-corrected chi connectivity index (χ3v) is 1.37. The van der Waals surface area contributed by atoms with Crippen LogP contribution in [0.3, 0.4) is 0 Å². The molecule has 0 aliphatic rings. The summed E-state index contributed by atoms with van der Waals surface area (Å²) in [4.78, 5) is 9.60. The number of aromatic nitrogens is 4. The fraction of sp³-hybridized carbons (Fsp3) is 0.800. The second kappa shape index (κ2) is 4.37. The van der Waals surface area contributed by atoms with Crippen LogP contribution in [0.15, 0.2) is 6.33 Å². The van der Waals surface area contributed by atoms with Gasteiger partial charge in [-0.1, -0.05) is 0 Å². The first-order chi connectivity index (χ1) is 5.79. The number of unbranched alkanes of at least 4 members (excludes halogenated alkanes) is 1. The topological polar surface area (TPSA) is 86.7 Å². The zero-order chi connectivity index (χ0) is 8.81. The molecule has 0 fully saturated rings. The van der Waals surface area contributed by atoms with E-state index in [1.165, 1.54) is 6.33 Å². The van der Waals surface area contributed by atoms with E-state index in [0.29, 0.717) is 13.0 Å². The SMILES string of the molecule is O=[N+]([O-])CCCCn1cnnn1. The molecular weight excluding hydrogens is 162 g/mol. The normalized spacial score (nSPS) is 10.0. The van der Waals surface area contributed by atoms with E-state index < -0.39 is 0 Å². The van der Waals surface area contributed by atoms with Gasteiger partial charge in [0.25, 0.3) is 0 Å². The van der Waals surface area contributed by atoms with E-state index in [1.807, 2.05) is 0 Å². The van der Waals surface area contributed by atoms with Gasteiger partial charge in [0.15, 0.2) is 0 Å². The first-order valence-corrected chi connectivity index (χ1v) is 3.61. The van der Waals surface area contributed by atoms with Crippen LogP contribution in [-0.4, -0.2) is 31.7 Å². The highest BCUT2D eigenvalue weighted by Gasteiger charge is 1.97. The summed E-state index contributed by atoms with van der Waals surface area (Å²) in [6.07, 6.45) is 2.78. The van der Waals surface area contributed by atoms with Crippen molar-refractivity contribution in [3.8, 4) is 0 Å². The van der Waals surface area contributed by atoms with Crippen molar-refractivity contribution in [2.24, 2.45) is 0 Å². The summed E-state index contributed by atoms with van der Waals surface area (Å²) >= 11 is 0. The van der Waals surface area contributed by atoms with Gasteiger partial charge < -0.3 is 0 Å². The molecule has 0 radical (unpaired) electrons. The Morgan fingerprint density at radius 1 is 1.50 bits per heavy atom. The molecule has 0 aliphatic carbocycles. The van der Waals surface area contributed by atoms with Crippen molar-refractivity contribution in [3.63, 3.8) is 0 Å². The van der Waals surface area contributed by atoms with E-state index in [-0.39, 0.29) is 11.5 Å². The van der Waals surface area contributed by atoms with Gasteiger partial charge in [0.2, 0.25) is 6.54 Å². The molecule has 0 aliphatic heterocycles. The minimum absolute atomic E-state index is 0.0160. The zero-order valence-electron chi connectivity index (χ0n) is 6.46. The summed E-state index contributed by atoms with van der Waals surface area (Å²) < 4.78 is 1.56. The Balaban J connectivity index is 2.07. The van der Waals surface area contributed by atoms with Gasteiger partial charge in [0, 0.05) is 17.9 Å². The lowest BCUT2D eigenvalue weighted by Crippen LogP contribution is -2.04. The van der Waals surface area contributed by atoms with Crippen LogP contribution in [0.5, 0.6) is 0 Å². The van der Waals surface area contributed by atoms with E-state index in [4.69, 9.17) is 0 Å². The van der Waals surface area contributed by atoms with E-state index in [0.717, 1.165) is 6.42 Å². The first-order valence-electron chi connectivity index (χ1n) is 3.61. The highest BCUT2D eigenvalue weighted by Crippen LogP contribution is 1.92. The molecule has 1 aromatic rings. The van der Waals surface area contributed by atoms with Gasteiger partial charge in [0.05, 0.1) is 0 Å². The third kappa shape index (κ3) is 3.04. The molecule has 0 amide bonds. The second-order valence-electron chi connectivity index (χ2n) is 2.34. The summed E-state index contributed by atoms with van der Waals surface area (Å²) in [5, 5.41) is 20.4. The van der Waals surface area contributed by atoms with Crippen molar-refractivity contribution in [3.05, 3.63) is 16.4 Å². The van der Waals surface area contributed by atoms with Crippen molar-refractivity contribution < 1.29 is 4.92 Å². The Hall–Kier alpha value is -1.53. The van der Waals surface area contributed by atoms with Crippen LogP contribution in [0.25, 0.3) is 0 Å². The van der Waals surface area contributed by atoms with Crippen molar-refractivity contribution in [2.45, 2.75) is 19.4 Å². The maximum Gasteiger partial charge on any atom is 0.203 e. The van der Waals surface area contributed by atoms with E-state index in [1.54, 1.807) is 4.68 Å². The number of aryl methyl sites for hydroxylation is 1. The van der Waals surface area contributed by atoms with Gasteiger partial charge in [-0.3, -0.25) is 10.1 Å². The Morgan fingerprint density at radius 3 is 2.92 bits per heavy atom. The summed E-state index contributed by atoms with van der Waals surface area (Å²) in [5.74, 6) is 0. The second-order valence-corrected chi connectivity index (χ2v) is 2.34. The molecule has 0 atom stereocenters. The molecule has 0 unspecified atom stereocenters. The Bertz CT molecular complexity index is 234. The molecule has 0 bridgehead atoms. The van der Waals surface area contributed by atoms with Crippen molar-refractivity contribution >= 4 is 0 Å². The quantitative estimate of drug-likeness (QED) is 0.345. The minimum atomic E-state index is -0.320. The number of rotatable bonds is 5. The fourth-order valence-corrected chi connectivity index (χ4v) is 0.797. The summed E-state index contributed by atoms with van der Waals surface area (Å²) in [7, 11) is 0. The fourth-order valence-electron chi connectivity index (χ4n) is 0.797. The smallest absolute Gasteiger partial charge is 0.203 e. The summed E-state index contributed by atoms with van der Waals surface area (Å²) in [6, 6.07) is 0. The zero-order valence-corrected chi connectivity index (χ0v) is 6.46. The van der Waals surface area contributed by atoms with Crippen molar-refractivity contribution in [1.82, 2.24) is 20.2 Å². The van der Waals surface area contributed by atoms with Crippen LogP contribution >= 0.6 is 0 Å². The molecule has 1 rings (SSSR count). The van der Waals surface area contributed by atoms with Crippen LogP contribution < -0.4 is 0 Å². The Labute approximate surface area is 68.5 Å². The molecule has 7 nitrogen and oxygen atoms in total. The molecule has 0 aromatic carbocycles. The molecule has 1 heterocycles. The standard InChI is InChI=1S/C5H9N5O2/c11-10(12)4-2-1-3-9-5-6-7-8-9/h5H,1-4H2. The van der Waals surface area contributed by atoms with Gasteiger partial charge in [-0.15, -0.1) is 5.10 Å². The minimum Gasteiger partial charge on any atom is -0.265 e. The van der Waals surface area contributed by atoms with Crippen LogP contribution in [0.2, 0.25) is 0 Å². The monoisotopic (exact) mass is 171 g/mol. The van der Waals surface area contributed by atoms with Crippen LogP contribution in [0.1, 0.15) is 12.8 Å².